The fourth-order valence-corrected chi connectivity index (χ4v) is 2.51. The van der Waals surface area contributed by atoms with E-state index in [1.807, 2.05) is 0 Å². The van der Waals surface area contributed by atoms with Crippen LogP contribution in [0.2, 0.25) is 0 Å². The Morgan fingerprint density at radius 2 is 1.56 bits per heavy atom. The van der Waals surface area contributed by atoms with E-state index in [-0.39, 0.29) is 12.3 Å². The Labute approximate surface area is 183 Å². The van der Waals surface area contributed by atoms with E-state index in [1.165, 1.54) is 12.5 Å². The van der Waals surface area contributed by atoms with Gasteiger partial charge in [-0.15, -0.1) is 0 Å². The molecule has 0 bridgehead atoms. The zero-order valence-electron chi connectivity index (χ0n) is 17.6. The molecule has 14 heteroatoms. The van der Waals surface area contributed by atoms with Gasteiger partial charge < -0.3 is 42.0 Å². The maximum Gasteiger partial charge on any atom is 0.326 e. The van der Waals surface area contributed by atoms with Crippen molar-refractivity contribution < 1.29 is 39.3 Å². The number of carboxylic acids is 2. The number of carboxylic acid groups (broad SMARTS) is 2. The molecule has 0 fully saturated rings. The summed E-state index contributed by atoms with van der Waals surface area (Å²) in [5.74, 6) is -5.94. The Hall–Kier alpha value is -3.52. The molecule has 0 aliphatic carbocycles. The minimum atomic E-state index is -1.67. The first-order chi connectivity index (χ1) is 15.0. The predicted octanol–water partition coefficient (Wildman–Crippen LogP) is -3.06. The number of aliphatic hydroxyl groups is 1. The van der Waals surface area contributed by atoms with E-state index in [4.69, 9.17) is 10.8 Å². The summed E-state index contributed by atoms with van der Waals surface area (Å²) in [5, 5.41) is 34.4. The second-order valence-electron chi connectivity index (χ2n) is 7.35. The number of carbonyl (C=O) groups excluding carboxylic acids is 3. The van der Waals surface area contributed by atoms with Crippen LogP contribution in [0.15, 0.2) is 12.5 Å². The zero-order chi connectivity index (χ0) is 24.4. The molecule has 178 valence electrons. The molecule has 1 heterocycles. The van der Waals surface area contributed by atoms with Gasteiger partial charge in [0.15, 0.2) is 0 Å². The van der Waals surface area contributed by atoms with Crippen molar-refractivity contribution >= 4 is 29.7 Å². The van der Waals surface area contributed by atoms with Crippen LogP contribution in [0.3, 0.4) is 0 Å². The lowest BCUT2D eigenvalue weighted by molar-refractivity contribution is -0.143. The summed E-state index contributed by atoms with van der Waals surface area (Å²) in [6.07, 6.45) is 1.63. The Balaban J connectivity index is 2.89. The summed E-state index contributed by atoms with van der Waals surface area (Å²) in [6, 6.07) is -5.58. The van der Waals surface area contributed by atoms with Gasteiger partial charge in [-0.3, -0.25) is 19.2 Å². The summed E-state index contributed by atoms with van der Waals surface area (Å²) in [6.45, 7) is 2.50. The standard InChI is InChI=1S/C18H28N6O8/c1-8(2)14(19)17(30)24-12(6-25)16(29)22-10(4-13(26)27)15(28)23-11(18(31)32)3-9-5-20-7-21-9/h5,7-8,10-12,14,25H,3-4,6,19H2,1-2H3,(H,20,21)(H,22,29)(H,23,28)(H,24,30)(H,26,27)(H,31,32). The maximum atomic E-state index is 12.5. The van der Waals surface area contributed by atoms with Crippen LogP contribution in [-0.2, 0) is 30.4 Å². The number of nitrogens with two attached hydrogens (primary N) is 1. The Bertz CT molecular complexity index is 812. The molecule has 0 radical (unpaired) electrons. The third-order valence-electron chi connectivity index (χ3n) is 4.44. The van der Waals surface area contributed by atoms with E-state index in [0.29, 0.717) is 5.69 Å². The highest BCUT2D eigenvalue weighted by Crippen LogP contribution is 2.03. The highest BCUT2D eigenvalue weighted by molar-refractivity contribution is 5.95. The fraction of sp³-hybridized carbons (Fsp3) is 0.556. The highest BCUT2D eigenvalue weighted by Gasteiger charge is 2.31. The Morgan fingerprint density at radius 3 is 2.03 bits per heavy atom. The monoisotopic (exact) mass is 456 g/mol. The lowest BCUT2D eigenvalue weighted by atomic mass is 10.0. The molecule has 4 atom stereocenters. The number of rotatable bonds is 13. The smallest absolute Gasteiger partial charge is 0.326 e. The van der Waals surface area contributed by atoms with Crippen LogP contribution < -0.4 is 21.7 Å². The van der Waals surface area contributed by atoms with Crippen molar-refractivity contribution in [2.45, 2.75) is 50.9 Å². The number of nitrogens with zero attached hydrogens (tertiary/aromatic N) is 1. The molecular weight excluding hydrogens is 428 g/mol. The van der Waals surface area contributed by atoms with E-state index in [2.05, 4.69) is 25.9 Å². The average Bonchev–Trinajstić information content (AvgIpc) is 3.22. The molecule has 0 aliphatic heterocycles. The van der Waals surface area contributed by atoms with Gasteiger partial charge in [0, 0.05) is 18.3 Å². The van der Waals surface area contributed by atoms with Crippen LogP contribution in [0, 0.1) is 5.92 Å². The first-order valence-electron chi connectivity index (χ1n) is 9.65. The minimum absolute atomic E-state index is 0.169. The van der Waals surface area contributed by atoms with Gasteiger partial charge in [0.1, 0.15) is 18.1 Å². The molecule has 1 aromatic rings. The zero-order valence-corrected chi connectivity index (χ0v) is 17.6. The van der Waals surface area contributed by atoms with Gasteiger partial charge in [0.2, 0.25) is 17.7 Å². The van der Waals surface area contributed by atoms with E-state index in [9.17, 15) is 34.2 Å². The number of aromatic amines is 1. The summed E-state index contributed by atoms with van der Waals surface area (Å²) in [7, 11) is 0. The SMILES string of the molecule is CC(C)C(N)C(=O)NC(CO)C(=O)NC(CC(=O)O)C(=O)NC(Cc1cnc[nH]1)C(=O)O. The second-order valence-corrected chi connectivity index (χ2v) is 7.35. The van der Waals surface area contributed by atoms with Gasteiger partial charge >= 0.3 is 11.9 Å². The normalized spacial score (nSPS) is 14.7. The molecule has 0 saturated carbocycles. The second kappa shape index (κ2) is 12.4. The molecule has 1 rings (SSSR count). The highest BCUT2D eigenvalue weighted by atomic mass is 16.4. The van der Waals surface area contributed by atoms with Crippen molar-refractivity contribution in [1.82, 2.24) is 25.9 Å². The lowest BCUT2D eigenvalue weighted by Crippen LogP contribution is -2.59. The van der Waals surface area contributed by atoms with Crippen molar-refractivity contribution in [2.24, 2.45) is 11.7 Å². The average molecular weight is 456 g/mol. The summed E-state index contributed by atoms with van der Waals surface area (Å²) in [4.78, 5) is 66.1. The molecule has 0 aliphatic rings. The van der Waals surface area contributed by atoms with Crippen molar-refractivity contribution in [3.8, 4) is 0 Å². The number of nitrogens with one attached hydrogen (secondary N) is 4. The lowest BCUT2D eigenvalue weighted by Gasteiger charge is -2.24. The van der Waals surface area contributed by atoms with E-state index in [1.54, 1.807) is 13.8 Å². The Morgan fingerprint density at radius 1 is 1.00 bits per heavy atom. The van der Waals surface area contributed by atoms with Crippen LogP contribution in [0.25, 0.3) is 0 Å². The van der Waals surface area contributed by atoms with E-state index in [0.717, 1.165) is 0 Å². The van der Waals surface area contributed by atoms with Gasteiger partial charge in [-0.25, -0.2) is 9.78 Å². The van der Waals surface area contributed by atoms with Gasteiger partial charge in [-0.05, 0) is 5.92 Å². The number of hydrogen-bond acceptors (Lipinski definition) is 8. The molecule has 0 spiro atoms. The fourth-order valence-electron chi connectivity index (χ4n) is 2.51. The largest absolute Gasteiger partial charge is 0.481 e. The van der Waals surface area contributed by atoms with E-state index < -0.39 is 66.9 Å². The van der Waals surface area contributed by atoms with Crippen LogP contribution in [0.4, 0.5) is 0 Å². The quantitative estimate of drug-likeness (QED) is 0.149. The van der Waals surface area contributed by atoms with Gasteiger partial charge in [-0.1, -0.05) is 13.8 Å². The third kappa shape index (κ3) is 8.31. The number of aliphatic carboxylic acids is 2. The van der Waals surface area contributed by atoms with Crippen LogP contribution in [0.1, 0.15) is 26.0 Å². The summed E-state index contributed by atoms with van der Waals surface area (Å²) < 4.78 is 0. The van der Waals surface area contributed by atoms with Crippen LogP contribution >= 0.6 is 0 Å². The molecule has 1 aromatic heterocycles. The predicted molar refractivity (Wildman–Crippen MR) is 108 cm³/mol. The number of imidazole rings is 1. The van der Waals surface area contributed by atoms with Crippen molar-refractivity contribution in [2.75, 3.05) is 6.61 Å². The summed E-state index contributed by atoms with van der Waals surface area (Å²) >= 11 is 0. The minimum Gasteiger partial charge on any atom is -0.481 e. The molecule has 9 N–H and O–H groups in total. The molecule has 4 unspecified atom stereocenters. The maximum absolute atomic E-state index is 12.5. The number of H-pyrrole nitrogens is 1. The first kappa shape index (κ1) is 26.5. The van der Waals surface area contributed by atoms with Crippen molar-refractivity contribution in [3.63, 3.8) is 0 Å². The third-order valence-corrected chi connectivity index (χ3v) is 4.44. The molecule has 32 heavy (non-hydrogen) atoms. The van der Waals surface area contributed by atoms with Gasteiger partial charge in [0.05, 0.1) is 25.4 Å². The van der Waals surface area contributed by atoms with Crippen LogP contribution in [-0.4, -0.2) is 85.7 Å². The van der Waals surface area contributed by atoms with Crippen molar-refractivity contribution in [3.05, 3.63) is 18.2 Å². The van der Waals surface area contributed by atoms with Gasteiger partial charge in [0.25, 0.3) is 0 Å². The Kier molecular flexibility index (Phi) is 10.2. The number of aliphatic hydroxyl groups excluding tert-OH is 1. The molecule has 3 amide bonds. The van der Waals surface area contributed by atoms with Crippen molar-refractivity contribution in [1.29, 1.82) is 0 Å². The molecule has 14 nitrogen and oxygen atoms in total. The number of carbonyl (C=O) groups is 5. The first-order valence-corrected chi connectivity index (χ1v) is 9.65. The number of aromatic nitrogens is 2. The summed E-state index contributed by atoms with van der Waals surface area (Å²) in [5.41, 5.74) is 6.09. The molecule has 0 aromatic carbocycles. The topological polar surface area (TPSA) is 237 Å². The molecule has 0 saturated heterocycles. The van der Waals surface area contributed by atoms with E-state index >= 15 is 0 Å². The molecular formula is C18H28N6O8. The number of hydrogen-bond donors (Lipinski definition) is 8. The van der Waals surface area contributed by atoms with Crippen LogP contribution in [0.5, 0.6) is 0 Å². The van der Waals surface area contributed by atoms with Gasteiger partial charge in [-0.2, -0.15) is 0 Å². The number of amides is 3.